The minimum Gasteiger partial charge on any atom is -0.452 e. The summed E-state index contributed by atoms with van der Waals surface area (Å²) in [6.45, 7) is 0. The van der Waals surface area contributed by atoms with Crippen molar-refractivity contribution < 1.29 is 8.83 Å². The van der Waals surface area contributed by atoms with Crippen LogP contribution in [0.2, 0.25) is 0 Å². The van der Waals surface area contributed by atoms with Gasteiger partial charge in [0.25, 0.3) is 0 Å². The Morgan fingerprint density at radius 1 is 1.00 bits per heavy atom. The molecule has 96 valence electrons. The fraction of sp³-hybridized carbons (Fsp3) is 0. The third kappa shape index (κ3) is 4.72. The number of rotatable bonds is 0. The topological polar surface area (TPSA) is 65.0 Å². The van der Waals surface area contributed by atoms with Gasteiger partial charge in [-0.2, -0.15) is 0 Å². The molecule has 0 N–H and O–H groups in total. The Labute approximate surface area is 113 Å². The van der Waals surface area contributed by atoms with E-state index in [2.05, 4.69) is 18.8 Å². The summed E-state index contributed by atoms with van der Waals surface area (Å²) in [7, 11) is 0. The quantitative estimate of drug-likeness (QED) is 0.489. The molecule has 3 heterocycles. The first-order valence-electron chi connectivity index (χ1n) is 5.41. The lowest BCUT2D eigenvalue weighted by molar-refractivity contribution is 0.558. The number of oxazole rings is 2. The number of aromatic nitrogens is 3. The Bertz CT molecular complexity index is 557. The molecule has 1 aromatic carbocycles. The van der Waals surface area contributed by atoms with Crippen LogP contribution in [0.1, 0.15) is 0 Å². The maximum absolute atomic E-state index is 5.01. The molecule has 0 radical (unpaired) electrons. The Hall–Kier alpha value is -2.47. The summed E-state index contributed by atoms with van der Waals surface area (Å²) in [6, 6.07) is 9.57. The smallest absolute Gasteiger partial charge is 0.181 e. The molecule has 0 aliphatic carbocycles. The van der Waals surface area contributed by atoms with E-state index in [-0.39, 0.29) is 0 Å². The van der Waals surface area contributed by atoms with Crippen LogP contribution in [0.5, 0.6) is 0 Å². The third-order valence-corrected chi connectivity index (χ3v) is 2.45. The summed E-state index contributed by atoms with van der Waals surface area (Å²) in [5.74, 6) is 0. The SMILES string of the molecule is c1ccc2ocnc2c1.c1cnsc1.c1cocn1. The van der Waals surface area contributed by atoms with Crippen molar-refractivity contribution in [2.75, 3.05) is 0 Å². The first kappa shape index (κ1) is 13.0. The van der Waals surface area contributed by atoms with Gasteiger partial charge >= 0.3 is 0 Å². The average Bonchev–Trinajstić information content (AvgIpc) is 3.22. The average molecular weight is 273 g/mol. The highest BCUT2D eigenvalue weighted by Gasteiger charge is 1.91. The molecule has 0 amide bonds. The fourth-order valence-corrected chi connectivity index (χ4v) is 1.51. The molecule has 19 heavy (non-hydrogen) atoms. The van der Waals surface area contributed by atoms with E-state index in [1.165, 1.54) is 30.6 Å². The molecule has 4 rings (SSSR count). The molecule has 0 saturated carbocycles. The number of hydrogen-bond donors (Lipinski definition) is 0. The molecule has 0 spiro atoms. The monoisotopic (exact) mass is 273 g/mol. The molecular weight excluding hydrogens is 262 g/mol. The molecule has 6 heteroatoms. The molecule has 0 aliphatic heterocycles. The van der Waals surface area contributed by atoms with E-state index in [1.54, 1.807) is 12.4 Å². The third-order valence-electron chi connectivity index (χ3n) is 1.93. The normalized spacial score (nSPS) is 9.05. The number of hydrogen-bond acceptors (Lipinski definition) is 6. The molecule has 5 nitrogen and oxygen atoms in total. The van der Waals surface area contributed by atoms with E-state index in [4.69, 9.17) is 4.42 Å². The highest BCUT2D eigenvalue weighted by Crippen LogP contribution is 2.09. The molecule has 0 bridgehead atoms. The highest BCUT2D eigenvalue weighted by molar-refractivity contribution is 7.03. The summed E-state index contributed by atoms with van der Waals surface area (Å²) in [6.07, 6.45) is 7.69. The Morgan fingerprint density at radius 2 is 1.95 bits per heavy atom. The van der Waals surface area contributed by atoms with Crippen molar-refractivity contribution in [1.29, 1.82) is 0 Å². The van der Waals surface area contributed by atoms with Crippen LogP contribution in [0.3, 0.4) is 0 Å². The van der Waals surface area contributed by atoms with Gasteiger partial charge in [-0.3, -0.25) is 0 Å². The second kappa shape index (κ2) is 7.78. The van der Waals surface area contributed by atoms with Crippen molar-refractivity contribution in [3.63, 3.8) is 0 Å². The molecule has 4 aromatic rings. The summed E-state index contributed by atoms with van der Waals surface area (Å²) in [5, 5.41) is 1.93. The fourth-order valence-electron chi connectivity index (χ4n) is 1.15. The summed E-state index contributed by atoms with van der Waals surface area (Å²) < 4.78 is 13.2. The lowest BCUT2D eigenvalue weighted by atomic mass is 10.3. The largest absolute Gasteiger partial charge is 0.452 e. The van der Waals surface area contributed by atoms with Gasteiger partial charge in [0.2, 0.25) is 0 Å². The molecular formula is C13H11N3O2S. The second-order valence-corrected chi connectivity index (χ2v) is 3.88. The van der Waals surface area contributed by atoms with Gasteiger partial charge in [-0.05, 0) is 29.7 Å². The van der Waals surface area contributed by atoms with Crippen molar-refractivity contribution in [3.8, 4) is 0 Å². The Morgan fingerprint density at radius 3 is 2.47 bits per heavy atom. The van der Waals surface area contributed by atoms with Crippen molar-refractivity contribution in [2.24, 2.45) is 0 Å². The number of para-hydroxylation sites is 2. The maximum atomic E-state index is 5.01. The zero-order valence-electron chi connectivity index (χ0n) is 9.92. The predicted molar refractivity (Wildman–Crippen MR) is 72.6 cm³/mol. The van der Waals surface area contributed by atoms with Crippen molar-refractivity contribution in [3.05, 3.63) is 67.2 Å². The Kier molecular flexibility index (Phi) is 5.31. The second-order valence-electron chi connectivity index (χ2n) is 3.18. The van der Waals surface area contributed by atoms with Crippen LogP contribution in [-0.4, -0.2) is 14.3 Å². The minimum absolute atomic E-state index is 0.845. The predicted octanol–water partition coefficient (Wildman–Crippen LogP) is 3.65. The van der Waals surface area contributed by atoms with E-state index in [0.29, 0.717) is 0 Å². The Balaban J connectivity index is 0.000000114. The van der Waals surface area contributed by atoms with Gasteiger partial charge in [0, 0.05) is 11.6 Å². The van der Waals surface area contributed by atoms with Crippen molar-refractivity contribution in [1.82, 2.24) is 14.3 Å². The van der Waals surface area contributed by atoms with E-state index in [9.17, 15) is 0 Å². The number of nitrogens with zero attached hydrogens (tertiary/aromatic N) is 3. The van der Waals surface area contributed by atoms with E-state index in [0.717, 1.165) is 11.1 Å². The van der Waals surface area contributed by atoms with Gasteiger partial charge in [-0.1, -0.05) is 12.1 Å². The molecule has 0 unspecified atom stereocenters. The summed E-state index contributed by atoms with van der Waals surface area (Å²) in [4.78, 5) is 7.51. The van der Waals surface area contributed by atoms with Crippen LogP contribution in [0.4, 0.5) is 0 Å². The zero-order chi connectivity index (χ0) is 13.2. The minimum atomic E-state index is 0.845. The van der Waals surface area contributed by atoms with Crippen LogP contribution in [-0.2, 0) is 0 Å². The van der Waals surface area contributed by atoms with Gasteiger partial charge in [0.05, 0.1) is 6.20 Å². The van der Waals surface area contributed by atoms with Crippen LogP contribution < -0.4 is 0 Å². The lowest BCUT2D eigenvalue weighted by Gasteiger charge is -1.79. The lowest BCUT2D eigenvalue weighted by Crippen LogP contribution is -1.61. The maximum Gasteiger partial charge on any atom is 0.181 e. The van der Waals surface area contributed by atoms with Crippen LogP contribution in [0.15, 0.2) is 76.0 Å². The molecule has 0 saturated heterocycles. The van der Waals surface area contributed by atoms with Gasteiger partial charge < -0.3 is 8.83 Å². The van der Waals surface area contributed by atoms with Gasteiger partial charge in [0.15, 0.2) is 18.4 Å². The highest BCUT2D eigenvalue weighted by atomic mass is 32.1. The number of fused-ring (bicyclic) bond motifs is 1. The molecule has 3 aromatic heterocycles. The molecule has 0 atom stereocenters. The number of benzene rings is 1. The van der Waals surface area contributed by atoms with E-state index < -0.39 is 0 Å². The molecule has 0 aliphatic rings. The zero-order valence-corrected chi connectivity index (χ0v) is 10.7. The van der Waals surface area contributed by atoms with Gasteiger partial charge in [-0.15, -0.1) is 0 Å². The van der Waals surface area contributed by atoms with E-state index in [1.807, 2.05) is 35.7 Å². The van der Waals surface area contributed by atoms with E-state index >= 15 is 0 Å². The van der Waals surface area contributed by atoms with Gasteiger partial charge in [0.1, 0.15) is 11.8 Å². The van der Waals surface area contributed by atoms with Crippen LogP contribution in [0, 0.1) is 0 Å². The van der Waals surface area contributed by atoms with Crippen LogP contribution in [0.25, 0.3) is 11.1 Å². The van der Waals surface area contributed by atoms with Gasteiger partial charge in [-0.25, -0.2) is 14.3 Å². The van der Waals surface area contributed by atoms with Crippen LogP contribution >= 0.6 is 11.5 Å². The standard InChI is InChI=1S/C7H5NO.C3H3NO.C3H3NS/c1-2-4-7-6(3-1)8-5-9-7;1-2-5-3-4-1;1-2-4-5-3-1/h1-5H;2*1-3H. The van der Waals surface area contributed by atoms with Crippen molar-refractivity contribution >= 4 is 22.6 Å². The summed E-state index contributed by atoms with van der Waals surface area (Å²) >= 11 is 1.46. The molecule has 0 fully saturated rings. The summed E-state index contributed by atoms with van der Waals surface area (Å²) in [5.41, 5.74) is 1.76. The van der Waals surface area contributed by atoms with Crippen molar-refractivity contribution in [2.45, 2.75) is 0 Å². The first-order chi connectivity index (χ1) is 9.47. The first-order valence-corrected chi connectivity index (χ1v) is 6.25.